The van der Waals surface area contributed by atoms with Crippen LogP contribution in [0.15, 0.2) is 47.5 Å². The number of para-hydroxylation sites is 2. The third-order valence-electron chi connectivity index (χ3n) is 3.76. The molecule has 0 aliphatic carbocycles. The maximum Gasteiger partial charge on any atom is 0.124 e. The number of morpholine rings is 1. The summed E-state index contributed by atoms with van der Waals surface area (Å²) < 4.78 is 5.41. The van der Waals surface area contributed by atoms with Crippen molar-refractivity contribution in [2.75, 3.05) is 31.2 Å². The molecule has 0 aromatic heterocycles. The average molecular weight is 296 g/mol. The Morgan fingerprint density at radius 3 is 2.73 bits per heavy atom. The summed E-state index contributed by atoms with van der Waals surface area (Å²) in [6, 6.07) is 13.6. The molecule has 22 heavy (non-hydrogen) atoms. The van der Waals surface area contributed by atoms with Gasteiger partial charge in [0.2, 0.25) is 0 Å². The van der Waals surface area contributed by atoms with E-state index >= 15 is 0 Å². The van der Waals surface area contributed by atoms with Crippen molar-refractivity contribution in [3.8, 4) is 5.75 Å². The van der Waals surface area contributed by atoms with Gasteiger partial charge in [-0.05, 0) is 31.2 Å². The Hall–Kier alpha value is -2.33. The lowest BCUT2D eigenvalue weighted by Crippen LogP contribution is -2.36. The van der Waals surface area contributed by atoms with E-state index in [-0.39, 0.29) is 5.75 Å². The van der Waals surface area contributed by atoms with Crippen molar-refractivity contribution in [2.45, 2.75) is 6.92 Å². The molecule has 4 heteroatoms. The standard InChI is InChI=1S/C18H20N2O2/c1-14-6-7-18(21)15(12-14)13-19-16-4-2-3-5-17(16)20-8-10-22-11-9-20/h2-7,12-13,21H,8-11H2,1H3. The van der Waals surface area contributed by atoms with Gasteiger partial charge in [0, 0.05) is 24.9 Å². The first-order valence-corrected chi connectivity index (χ1v) is 7.49. The van der Waals surface area contributed by atoms with E-state index in [0.29, 0.717) is 0 Å². The molecule has 4 nitrogen and oxygen atoms in total. The Morgan fingerprint density at radius 2 is 1.91 bits per heavy atom. The summed E-state index contributed by atoms with van der Waals surface area (Å²) in [6.07, 6.45) is 1.72. The van der Waals surface area contributed by atoms with E-state index in [1.54, 1.807) is 12.3 Å². The van der Waals surface area contributed by atoms with Gasteiger partial charge in [-0.25, -0.2) is 0 Å². The third-order valence-corrected chi connectivity index (χ3v) is 3.76. The van der Waals surface area contributed by atoms with Crippen LogP contribution >= 0.6 is 0 Å². The van der Waals surface area contributed by atoms with E-state index in [0.717, 1.165) is 48.8 Å². The van der Waals surface area contributed by atoms with Crippen LogP contribution in [0, 0.1) is 6.92 Å². The van der Waals surface area contributed by atoms with Crippen LogP contribution in [0.3, 0.4) is 0 Å². The Morgan fingerprint density at radius 1 is 1.14 bits per heavy atom. The van der Waals surface area contributed by atoms with E-state index in [4.69, 9.17) is 4.74 Å². The second-order valence-corrected chi connectivity index (χ2v) is 5.41. The largest absolute Gasteiger partial charge is 0.507 e. The Balaban J connectivity index is 1.88. The molecule has 0 amide bonds. The predicted molar refractivity (Wildman–Crippen MR) is 89.6 cm³/mol. The molecule has 1 aliphatic heterocycles. The van der Waals surface area contributed by atoms with Crippen molar-refractivity contribution in [1.29, 1.82) is 0 Å². The molecule has 114 valence electrons. The summed E-state index contributed by atoms with van der Waals surface area (Å²) in [7, 11) is 0. The summed E-state index contributed by atoms with van der Waals surface area (Å²) in [6.45, 7) is 5.25. The molecule has 0 atom stereocenters. The zero-order chi connectivity index (χ0) is 15.4. The second-order valence-electron chi connectivity index (χ2n) is 5.41. The van der Waals surface area contributed by atoms with E-state index < -0.39 is 0 Å². The molecule has 0 bridgehead atoms. The summed E-state index contributed by atoms with van der Waals surface area (Å²) in [5, 5.41) is 9.91. The number of rotatable bonds is 3. The number of anilines is 1. The molecule has 0 unspecified atom stereocenters. The maximum atomic E-state index is 9.91. The minimum absolute atomic E-state index is 0.248. The van der Waals surface area contributed by atoms with Crippen LogP contribution in [0.25, 0.3) is 0 Å². The van der Waals surface area contributed by atoms with Gasteiger partial charge >= 0.3 is 0 Å². The van der Waals surface area contributed by atoms with Crippen molar-refractivity contribution in [2.24, 2.45) is 4.99 Å². The molecule has 3 rings (SSSR count). The molecule has 1 saturated heterocycles. The smallest absolute Gasteiger partial charge is 0.124 e. The Bertz CT molecular complexity index is 677. The fourth-order valence-corrected chi connectivity index (χ4v) is 2.56. The number of hydrogen-bond acceptors (Lipinski definition) is 4. The predicted octanol–water partition coefficient (Wildman–Crippen LogP) is 3.29. The van der Waals surface area contributed by atoms with Gasteiger partial charge in [-0.2, -0.15) is 0 Å². The quantitative estimate of drug-likeness (QED) is 0.884. The molecular weight excluding hydrogens is 276 g/mol. The zero-order valence-corrected chi connectivity index (χ0v) is 12.7. The average Bonchev–Trinajstić information content (AvgIpc) is 2.57. The van der Waals surface area contributed by atoms with E-state index in [9.17, 15) is 5.11 Å². The van der Waals surface area contributed by atoms with E-state index in [2.05, 4.69) is 16.0 Å². The summed E-state index contributed by atoms with van der Waals surface area (Å²) >= 11 is 0. The first-order chi connectivity index (χ1) is 10.7. The molecule has 0 saturated carbocycles. The summed E-state index contributed by atoms with van der Waals surface area (Å²) in [4.78, 5) is 6.87. The Labute approximate surface area is 130 Å². The van der Waals surface area contributed by atoms with Gasteiger partial charge in [0.05, 0.1) is 24.6 Å². The highest BCUT2D eigenvalue weighted by molar-refractivity contribution is 5.87. The van der Waals surface area contributed by atoms with Crippen LogP contribution in [0.2, 0.25) is 0 Å². The molecule has 1 fully saturated rings. The zero-order valence-electron chi connectivity index (χ0n) is 12.7. The van der Waals surface area contributed by atoms with Crippen molar-refractivity contribution in [1.82, 2.24) is 0 Å². The molecule has 2 aromatic carbocycles. The fraction of sp³-hybridized carbons (Fsp3) is 0.278. The number of benzene rings is 2. The van der Waals surface area contributed by atoms with Crippen LogP contribution in [0.4, 0.5) is 11.4 Å². The van der Waals surface area contributed by atoms with Gasteiger partial charge in [0.15, 0.2) is 0 Å². The van der Waals surface area contributed by atoms with Crippen LogP contribution in [-0.4, -0.2) is 37.6 Å². The lowest BCUT2D eigenvalue weighted by atomic mass is 10.1. The van der Waals surface area contributed by atoms with Crippen LogP contribution in [-0.2, 0) is 4.74 Å². The number of hydrogen-bond donors (Lipinski definition) is 1. The van der Waals surface area contributed by atoms with Crippen molar-refractivity contribution >= 4 is 17.6 Å². The number of aryl methyl sites for hydroxylation is 1. The monoisotopic (exact) mass is 296 g/mol. The van der Waals surface area contributed by atoms with Crippen molar-refractivity contribution in [3.05, 3.63) is 53.6 Å². The summed E-state index contributed by atoms with van der Waals surface area (Å²) in [5.74, 6) is 0.248. The normalized spacial score (nSPS) is 15.4. The number of nitrogens with zero attached hydrogens (tertiary/aromatic N) is 2. The number of phenolic OH excluding ortho intramolecular Hbond substituents is 1. The number of aromatic hydroxyl groups is 1. The van der Waals surface area contributed by atoms with Gasteiger partial charge in [-0.15, -0.1) is 0 Å². The van der Waals surface area contributed by atoms with E-state index in [1.165, 1.54) is 0 Å². The van der Waals surface area contributed by atoms with Crippen molar-refractivity contribution in [3.63, 3.8) is 0 Å². The Kier molecular flexibility index (Phi) is 4.39. The molecule has 1 heterocycles. The van der Waals surface area contributed by atoms with Gasteiger partial charge in [0.1, 0.15) is 5.75 Å². The van der Waals surface area contributed by atoms with Gasteiger partial charge in [0.25, 0.3) is 0 Å². The SMILES string of the molecule is Cc1ccc(O)c(C=Nc2ccccc2N2CCOCC2)c1. The molecule has 0 spiro atoms. The molecule has 1 aliphatic rings. The molecular formula is C18H20N2O2. The van der Waals surface area contributed by atoms with Crippen LogP contribution in [0.1, 0.15) is 11.1 Å². The molecule has 1 N–H and O–H groups in total. The van der Waals surface area contributed by atoms with Crippen LogP contribution in [0.5, 0.6) is 5.75 Å². The highest BCUT2D eigenvalue weighted by atomic mass is 16.5. The van der Waals surface area contributed by atoms with Gasteiger partial charge < -0.3 is 14.7 Å². The lowest BCUT2D eigenvalue weighted by molar-refractivity contribution is 0.123. The fourth-order valence-electron chi connectivity index (χ4n) is 2.56. The number of phenols is 1. The molecule has 2 aromatic rings. The molecule has 0 radical (unpaired) electrons. The number of ether oxygens (including phenoxy) is 1. The minimum Gasteiger partial charge on any atom is -0.507 e. The minimum atomic E-state index is 0.248. The van der Waals surface area contributed by atoms with Gasteiger partial charge in [-0.1, -0.05) is 23.8 Å². The maximum absolute atomic E-state index is 9.91. The summed E-state index contributed by atoms with van der Waals surface area (Å²) in [5.41, 5.74) is 3.84. The highest BCUT2D eigenvalue weighted by Gasteiger charge is 2.13. The first-order valence-electron chi connectivity index (χ1n) is 7.49. The van der Waals surface area contributed by atoms with E-state index in [1.807, 2.05) is 37.3 Å². The second kappa shape index (κ2) is 6.62. The van der Waals surface area contributed by atoms with Crippen LogP contribution < -0.4 is 4.90 Å². The highest BCUT2D eigenvalue weighted by Crippen LogP contribution is 2.29. The first kappa shape index (κ1) is 14.6. The van der Waals surface area contributed by atoms with Crippen molar-refractivity contribution < 1.29 is 9.84 Å². The van der Waals surface area contributed by atoms with Gasteiger partial charge in [-0.3, -0.25) is 4.99 Å². The topological polar surface area (TPSA) is 45.1 Å². The lowest BCUT2D eigenvalue weighted by Gasteiger charge is -2.29. The third kappa shape index (κ3) is 3.28. The number of aliphatic imine (C=N–C) groups is 1.